The highest BCUT2D eigenvalue weighted by Gasteiger charge is 2.08. The minimum Gasteiger partial charge on any atom is -0.489 e. The predicted molar refractivity (Wildman–Crippen MR) is 93.7 cm³/mol. The van der Waals surface area contributed by atoms with Crippen LogP contribution in [0, 0.1) is 11.7 Å². The molecule has 1 aromatic rings. The number of nitrogens with one attached hydrogen (secondary N) is 2. The summed E-state index contributed by atoms with van der Waals surface area (Å²) in [7, 11) is 3.55. The van der Waals surface area contributed by atoms with Crippen LogP contribution in [-0.4, -0.2) is 57.1 Å². The second-order valence-electron chi connectivity index (χ2n) is 5.62. The van der Waals surface area contributed by atoms with E-state index in [1.807, 2.05) is 25.8 Å². The van der Waals surface area contributed by atoms with Gasteiger partial charge in [0.25, 0.3) is 0 Å². The Morgan fingerprint density at radius 2 is 1.96 bits per heavy atom. The number of hydrogen-bond donors (Lipinski definition) is 2. The van der Waals surface area contributed by atoms with E-state index in [-0.39, 0.29) is 23.4 Å². The average molecular weight is 338 g/mol. The minimum absolute atomic E-state index is 0.0254. The summed E-state index contributed by atoms with van der Waals surface area (Å²) in [5.41, 5.74) is 0. The van der Waals surface area contributed by atoms with E-state index in [1.54, 1.807) is 25.2 Å². The molecule has 0 heterocycles. The Hall–Kier alpha value is -2.31. The zero-order valence-electron chi connectivity index (χ0n) is 14.8. The van der Waals surface area contributed by atoms with Gasteiger partial charge < -0.3 is 20.3 Å². The maximum Gasteiger partial charge on any atom is 0.222 e. The first-order chi connectivity index (χ1) is 11.5. The topological polar surface area (TPSA) is 66.0 Å². The maximum absolute atomic E-state index is 13.5. The normalized spacial score (nSPS) is 11.3. The molecule has 0 radical (unpaired) electrons. The van der Waals surface area contributed by atoms with E-state index in [2.05, 4.69) is 15.6 Å². The quantitative estimate of drug-likeness (QED) is 0.428. The lowest BCUT2D eigenvalue weighted by Crippen LogP contribution is -2.44. The van der Waals surface area contributed by atoms with Crippen molar-refractivity contribution in [3.8, 4) is 5.75 Å². The SMILES string of the molecule is CN=C(NCCNC(=O)C(C)C)N(C)CCOc1ccccc1F. The van der Waals surface area contributed by atoms with E-state index in [0.717, 1.165) is 0 Å². The highest BCUT2D eigenvalue weighted by molar-refractivity contribution is 5.80. The van der Waals surface area contributed by atoms with Gasteiger partial charge in [0.15, 0.2) is 17.5 Å². The van der Waals surface area contributed by atoms with Crippen LogP contribution in [0.1, 0.15) is 13.8 Å². The zero-order chi connectivity index (χ0) is 17.9. The number of guanidine groups is 1. The Bertz CT molecular complexity index is 549. The molecule has 0 aromatic heterocycles. The van der Waals surface area contributed by atoms with E-state index >= 15 is 0 Å². The minimum atomic E-state index is -0.372. The Kier molecular flexibility index (Phi) is 8.60. The fourth-order valence-electron chi connectivity index (χ4n) is 1.91. The average Bonchev–Trinajstić information content (AvgIpc) is 2.56. The van der Waals surface area contributed by atoms with Gasteiger partial charge in [0.05, 0.1) is 6.54 Å². The van der Waals surface area contributed by atoms with Crippen LogP contribution in [0.3, 0.4) is 0 Å². The van der Waals surface area contributed by atoms with Crippen molar-refractivity contribution < 1.29 is 13.9 Å². The third-order valence-electron chi connectivity index (χ3n) is 3.33. The smallest absolute Gasteiger partial charge is 0.222 e. The van der Waals surface area contributed by atoms with Crippen molar-refractivity contribution in [1.82, 2.24) is 15.5 Å². The van der Waals surface area contributed by atoms with Crippen molar-refractivity contribution in [3.05, 3.63) is 30.1 Å². The van der Waals surface area contributed by atoms with Gasteiger partial charge in [-0.25, -0.2) is 4.39 Å². The molecule has 2 N–H and O–H groups in total. The van der Waals surface area contributed by atoms with Crippen LogP contribution in [-0.2, 0) is 4.79 Å². The molecule has 0 atom stereocenters. The highest BCUT2D eigenvalue weighted by Crippen LogP contribution is 2.14. The van der Waals surface area contributed by atoms with Crippen LogP contribution in [0.4, 0.5) is 4.39 Å². The lowest BCUT2D eigenvalue weighted by Gasteiger charge is -2.22. The molecule has 0 fully saturated rings. The first kappa shape index (κ1) is 19.7. The van der Waals surface area contributed by atoms with Gasteiger partial charge in [0.1, 0.15) is 6.61 Å². The summed E-state index contributed by atoms with van der Waals surface area (Å²) >= 11 is 0. The van der Waals surface area contributed by atoms with Crippen molar-refractivity contribution >= 4 is 11.9 Å². The molecule has 0 unspecified atom stereocenters. The zero-order valence-corrected chi connectivity index (χ0v) is 14.8. The van der Waals surface area contributed by atoms with E-state index in [1.165, 1.54) is 6.07 Å². The molecule has 1 rings (SSSR count). The lowest BCUT2D eigenvalue weighted by molar-refractivity contribution is -0.123. The highest BCUT2D eigenvalue weighted by atomic mass is 19.1. The monoisotopic (exact) mass is 338 g/mol. The molecule has 1 amide bonds. The third kappa shape index (κ3) is 6.85. The number of para-hydroxylation sites is 1. The van der Waals surface area contributed by atoms with Gasteiger partial charge in [-0.3, -0.25) is 9.79 Å². The largest absolute Gasteiger partial charge is 0.489 e. The van der Waals surface area contributed by atoms with E-state index in [0.29, 0.717) is 32.2 Å². The molecule has 6 nitrogen and oxygen atoms in total. The number of halogens is 1. The number of aliphatic imine (C=N–C) groups is 1. The molecule has 0 aliphatic heterocycles. The second kappa shape index (κ2) is 10.5. The molecule has 0 bridgehead atoms. The van der Waals surface area contributed by atoms with Crippen LogP contribution in [0.5, 0.6) is 5.75 Å². The number of ether oxygens (including phenoxy) is 1. The van der Waals surface area contributed by atoms with Gasteiger partial charge in [0, 0.05) is 33.1 Å². The molecule has 134 valence electrons. The molecule has 0 aliphatic carbocycles. The molecule has 0 saturated carbocycles. The van der Waals surface area contributed by atoms with Gasteiger partial charge in [-0.05, 0) is 12.1 Å². The number of nitrogens with zero attached hydrogens (tertiary/aromatic N) is 2. The summed E-state index contributed by atoms with van der Waals surface area (Å²) in [6, 6.07) is 6.32. The number of amides is 1. The van der Waals surface area contributed by atoms with Crippen LogP contribution in [0.25, 0.3) is 0 Å². The van der Waals surface area contributed by atoms with Gasteiger partial charge in [-0.15, -0.1) is 0 Å². The number of carbonyl (C=O) groups is 1. The molecular weight excluding hydrogens is 311 g/mol. The van der Waals surface area contributed by atoms with Crippen LogP contribution in [0.15, 0.2) is 29.3 Å². The van der Waals surface area contributed by atoms with E-state index in [9.17, 15) is 9.18 Å². The maximum atomic E-state index is 13.5. The Balaban J connectivity index is 2.30. The Labute approximate surface area is 143 Å². The summed E-state index contributed by atoms with van der Waals surface area (Å²) in [5, 5.41) is 5.99. The summed E-state index contributed by atoms with van der Waals surface area (Å²) in [5.74, 6) is 0.556. The number of likely N-dealkylation sites (N-methyl/N-ethyl adjacent to an activating group) is 1. The molecule has 1 aromatic carbocycles. The van der Waals surface area contributed by atoms with Crippen molar-refractivity contribution in [2.24, 2.45) is 10.9 Å². The summed E-state index contributed by atoms with van der Waals surface area (Å²) in [6.07, 6.45) is 0. The van der Waals surface area contributed by atoms with Crippen molar-refractivity contribution in [1.29, 1.82) is 0 Å². The number of rotatable bonds is 8. The van der Waals surface area contributed by atoms with Crippen molar-refractivity contribution in [3.63, 3.8) is 0 Å². The van der Waals surface area contributed by atoms with E-state index < -0.39 is 0 Å². The lowest BCUT2D eigenvalue weighted by atomic mass is 10.2. The summed E-state index contributed by atoms with van der Waals surface area (Å²) < 4.78 is 18.9. The summed E-state index contributed by atoms with van der Waals surface area (Å²) in [6.45, 7) is 5.68. The van der Waals surface area contributed by atoms with Gasteiger partial charge in [0.2, 0.25) is 5.91 Å². The van der Waals surface area contributed by atoms with E-state index in [4.69, 9.17) is 4.74 Å². The second-order valence-corrected chi connectivity index (χ2v) is 5.62. The Morgan fingerprint density at radius 3 is 2.58 bits per heavy atom. The Morgan fingerprint density at radius 1 is 1.29 bits per heavy atom. The fourth-order valence-corrected chi connectivity index (χ4v) is 1.91. The molecular formula is C17H27FN4O2. The molecule has 0 aliphatic rings. The van der Waals surface area contributed by atoms with Crippen LogP contribution >= 0.6 is 0 Å². The number of hydrogen-bond acceptors (Lipinski definition) is 3. The first-order valence-electron chi connectivity index (χ1n) is 8.02. The number of benzene rings is 1. The van der Waals surface area contributed by atoms with Gasteiger partial charge >= 0.3 is 0 Å². The fraction of sp³-hybridized carbons (Fsp3) is 0.529. The standard InChI is InChI=1S/C17H27FN4O2/c1-13(2)16(23)20-9-10-21-17(19-3)22(4)11-12-24-15-8-6-5-7-14(15)18/h5-8,13H,9-12H2,1-4H3,(H,19,21)(H,20,23). The van der Waals surface area contributed by atoms with Gasteiger partial charge in [-0.2, -0.15) is 0 Å². The van der Waals surface area contributed by atoms with Crippen LogP contribution in [0.2, 0.25) is 0 Å². The van der Waals surface area contributed by atoms with Gasteiger partial charge in [-0.1, -0.05) is 26.0 Å². The van der Waals surface area contributed by atoms with Crippen molar-refractivity contribution in [2.45, 2.75) is 13.8 Å². The third-order valence-corrected chi connectivity index (χ3v) is 3.33. The van der Waals surface area contributed by atoms with Crippen LogP contribution < -0.4 is 15.4 Å². The van der Waals surface area contributed by atoms with Crippen molar-refractivity contribution in [2.75, 3.05) is 40.3 Å². The molecule has 0 saturated heterocycles. The number of carbonyl (C=O) groups excluding carboxylic acids is 1. The molecule has 24 heavy (non-hydrogen) atoms. The predicted octanol–water partition coefficient (Wildman–Crippen LogP) is 1.48. The first-order valence-corrected chi connectivity index (χ1v) is 8.02. The molecule has 7 heteroatoms. The summed E-state index contributed by atoms with van der Waals surface area (Å²) in [4.78, 5) is 17.5. The molecule has 0 spiro atoms.